The van der Waals surface area contributed by atoms with Gasteiger partial charge in [-0.2, -0.15) is 9.57 Å². The topological polar surface area (TPSA) is 74.3 Å². The van der Waals surface area contributed by atoms with Gasteiger partial charge in [0.25, 0.3) is 10.0 Å². The van der Waals surface area contributed by atoms with Gasteiger partial charge in [-0.3, -0.25) is 0 Å². The third kappa shape index (κ3) is 2.46. The Kier molecular flexibility index (Phi) is 3.52. The van der Waals surface area contributed by atoms with Crippen LogP contribution < -0.4 is 0 Å². The van der Waals surface area contributed by atoms with Gasteiger partial charge in [0.15, 0.2) is 0 Å². The molecule has 0 unspecified atom stereocenters. The van der Waals surface area contributed by atoms with Gasteiger partial charge in [0.2, 0.25) is 0 Å². The fourth-order valence-corrected chi connectivity index (χ4v) is 3.83. The molecular formula is C11H10N2O3S2. The molecule has 0 saturated heterocycles. The lowest BCUT2D eigenvalue weighted by molar-refractivity contribution is 0.407. The van der Waals surface area contributed by atoms with E-state index < -0.39 is 10.0 Å². The lowest BCUT2D eigenvalue weighted by Gasteiger charge is -2.14. The summed E-state index contributed by atoms with van der Waals surface area (Å²) in [4.78, 5) is 0.375. The minimum absolute atomic E-state index is 0.160. The van der Waals surface area contributed by atoms with Crippen molar-refractivity contribution >= 4 is 21.4 Å². The fraction of sp³-hybridized carbons (Fsp3) is 0.182. The van der Waals surface area contributed by atoms with E-state index >= 15 is 0 Å². The fourth-order valence-electron chi connectivity index (χ4n) is 1.38. The Labute approximate surface area is 109 Å². The number of hydrogen-bond acceptors (Lipinski definition) is 5. The Morgan fingerprint density at radius 3 is 2.78 bits per heavy atom. The molecule has 0 aliphatic rings. The van der Waals surface area contributed by atoms with Crippen molar-refractivity contribution in [2.24, 2.45) is 0 Å². The van der Waals surface area contributed by atoms with Crippen molar-refractivity contribution in [1.29, 1.82) is 5.26 Å². The first-order valence-electron chi connectivity index (χ1n) is 5.02. The van der Waals surface area contributed by atoms with Crippen LogP contribution in [0.4, 0.5) is 0 Å². The SMILES string of the molecule is CN(Cc1ccco1)S(=O)(=O)c1ccc(C#N)s1. The van der Waals surface area contributed by atoms with E-state index in [-0.39, 0.29) is 10.8 Å². The van der Waals surface area contributed by atoms with Crippen molar-refractivity contribution in [1.82, 2.24) is 4.31 Å². The van der Waals surface area contributed by atoms with E-state index in [1.54, 1.807) is 12.1 Å². The molecule has 18 heavy (non-hydrogen) atoms. The first-order chi connectivity index (χ1) is 8.54. The van der Waals surface area contributed by atoms with Crippen molar-refractivity contribution in [2.75, 3.05) is 7.05 Å². The molecule has 0 radical (unpaired) electrons. The van der Waals surface area contributed by atoms with Gasteiger partial charge in [-0.25, -0.2) is 8.42 Å². The van der Waals surface area contributed by atoms with Crippen molar-refractivity contribution in [2.45, 2.75) is 10.8 Å². The highest BCUT2D eigenvalue weighted by molar-refractivity contribution is 7.91. The second-order valence-corrected chi connectivity index (χ2v) is 6.93. The number of sulfonamides is 1. The van der Waals surface area contributed by atoms with Crippen LogP contribution in [0.15, 0.2) is 39.2 Å². The van der Waals surface area contributed by atoms with Gasteiger partial charge in [-0.15, -0.1) is 11.3 Å². The summed E-state index contributed by atoms with van der Waals surface area (Å²) in [5.74, 6) is 0.568. The van der Waals surface area contributed by atoms with Crippen LogP contribution in [0.2, 0.25) is 0 Å². The van der Waals surface area contributed by atoms with E-state index in [0.717, 1.165) is 11.3 Å². The molecule has 94 valence electrons. The third-order valence-electron chi connectivity index (χ3n) is 2.31. The molecule has 0 atom stereocenters. The Morgan fingerprint density at radius 2 is 2.22 bits per heavy atom. The van der Waals surface area contributed by atoms with Gasteiger partial charge < -0.3 is 4.42 Å². The smallest absolute Gasteiger partial charge is 0.252 e. The van der Waals surface area contributed by atoms with E-state index in [1.807, 2.05) is 6.07 Å². The molecule has 0 bridgehead atoms. The monoisotopic (exact) mass is 282 g/mol. The second-order valence-electron chi connectivity index (χ2n) is 3.57. The summed E-state index contributed by atoms with van der Waals surface area (Å²) in [7, 11) is -2.09. The van der Waals surface area contributed by atoms with E-state index in [0.29, 0.717) is 10.6 Å². The lowest BCUT2D eigenvalue weighted by atomic mass is 10.4. The molecular weight excluding hydrogens is 272 g/mol. The van der Waals surface area contributed by atoms with E-state index in [1.165, 1.54) is 29.7 Å². The molecule has 7 heteroatoms. The number of nitriles is 1. The van der Waals surface area contributed by atoms with Gasteiger partial charge in [-0.05, 0) is 24.3 Å². The highest BCUT2D eigenvalue weighted by Crippen LogP contribution is 2.24. The van der Waals surface area contributed by atoms with Crippen LogP contribution >= 0.6 is 11.3 Å². The highest BCUT2D eigenvalue weighted by atomic mass is 32.2. The maximum absolute atomic E-state index is 12.2. The zero-order chi connectivity index (χ0) is 13.2. The van der Waals surface area contributed by atoms with E-state index in [4.69, 9.17) is 9.68 Å². The highest BCUT2D eigenvalue weighted by Gasteiger charge is 2.23. The zero-order valence-corrected chi connectivity index (χ0v) is 11.2. The van der Waals surface area contributed by atoms with Crippen LogP contribution in [0.3, 0.4) is 0 Å². The van der Waals surface area contributed by atoms with Crippen molar-refractivity contribution in [3.8, 4) is 6.07 Å². The summed E-state index contributed by atoms with van der Waals surface area (Å²) in [6.07, 6.45) is 1.49. The first kappa shape index (κ1) is 12.8. The first-order valence-corrected chi connectivity index (χ1v) is 7.28. The van der Waals surface area contributed by atoms with Crippen LogP contribution in [0.5, 0.6) is 0 Å². The number of rotatable bonds is 4. The molecule has 0 aromatic carbocycles. The predicted octanol–water partition coefficient (Wildman–Crippen LogP) is 2.03. The molecule has 0 aliphatic heterocycles. The predicted molar refractivity (Wildman–Crippen MR) is 66.4 cm³/mol. The van der Waals surface area contributed by atoms with Crippen molar-refractivity contribution < 1.29 is 12.8 Å². The molecule has 0 saturated carbocycles. The molecule has 0 spiro atoms. The Hall–Kier alpha value is -1.62. The minimum atomic E-state index is -3.56. The Morgan fingerprint density at radius 1 is 1.44 bits per heavy atom. The van der Waals surface area contributed by atoms with Crippen molar-refractivity contribution in [3.63, 3.8) is 0 Å². The number of hydrogen-bond donors (Lipinski definition) is 0. The van der Waals surface area contributed by atoms with Crippen molar-refractivity contribution in [3.05, 3.63) is 41.2 Å². The standard InChI is InChI=1S/C11H10N2O3S2/c1-13(8-9-3-2-6-16-9)18(14,15)11-5-4-10(7-12)17-11/h2-6H,8H2,1H3. The summed E-state index contributed by atoms with van der Waals surface area (Å²) in [5.41, 5.74) is 0. The van der Waals surface area contributed by atoms with Crippen LogP contribution in [0.1, 0.15) is 10.6 Å². The maximum atomic E-state index is 12.2. The molecule has 2 aromatic heterocycles. The average Bonchev–Trinajstić information content (AvgIpc) is 2.99. The molecule has 0 N–H and O–H groups in total. The number of furan rings is 1. The molecule has 0 fully saturated rings. The van der Waals surface area contributed by atoms with Crippen LogP contribution in [0.25, 0.3) is 0 Å². The quantitative estimate of drug-likeness (QED) is 0.860. The normalized spacial score (nSPS) is 11.6. The van der Waals surface area contributed by atoms with Crippen LogP contribution in [-0.4, -0.2) is 19.8 Å². The van der Waals surface area contributed by atoms with Crippen LogP contribution in [0, 0.1) is 11.3 Å². The largest absolute Gasteiger partial charge is 0.468 e. The molecule has 2 rings (SSSR count). The summed E-state index contributed by atoms with van der Waals surface area (Å²) in [6, 6.07) is 8.27. The zero-order valence-electron chi connectivity index (χ0n) is 9.53. The van der Waals surface area contributed by atoms with Gasteiger partial charge in [0.1, 0.15) is 20.9 Å². The molecule has 0 amide bonds. The van der Waals surface area contributed by atoms with E-state index in [9.17, 15) is 8.42 Å². The van der Waals surface area contributed by atoms with Gasteiger partial charge in [0, 0.05) is 7.05 Å². The second kappa shape index (κ2) is 4.94. The summed E-state index contributed by atoms with van der Waals surface area (Å²) in [5, 5.41) is 8.70. The van der Waals surface area contributed by atoms with Gasteiger partial charge >= 0.3 is 0 Å². The third-order valence-corrected chi connectivity index (χ3v) is 5.58. The summed E-state index contributed by atoms with van der Waals surface area (Å²) < 4.78 is 30.8. The Balaban J connectivity index is 2.23. The number of nitrogens with zero attached hydrogens (tertiary/aromatic N) is 2. The maximum Gasteiger partial charge on any atom is 0.252 e. The minimum Gasteiger partial charge on any atom is -0.468 e. The number of thiophene rings is 1. The summed E-state index contributed by atoms with van der Waals surface area (Å²) >= 11 is 0.959. The lowest BCUT2D eigenvalue weighted by Crippen LogP contribution is -2.25. The molecule has 2 aromatic rings. The van der Waals surface area contributed by atoms with E-state index in [2.05, 4.69) is 0 Å². The average molecular weight is 282 g/mol. The van der Waals surface area contributed by atoms with Gasteiger partial charge in [-0.1, -0.05) is 0 Å². The van der Waals surface area contributed by atoms with Gasteiger partial charge in [0.05, 0.1) is 12.8 Å². The molecule has 2 heterocycles. The summed E-state index contributed by atoms with van der Waals surface area (Å²) in [6.45, 7) is 0.162. The molecule has 5 nitrogen and oxygen atoms in total. The molecule has 0 aliphatic carbocycles. The Bertz CT molecular complexity index is 665. The van der Waals surface area contributed by atoms with Crippen LogP contribution in [-0.2, 0) is 16.6 Å².